The molecule has 6 nitrogen and oxygen atoms in total. The van der Waals surface area contributed by atoms with Crippen LogP contribution in [0.5, 0.6) is 5.75 Å². The summed E-state index contributed by atoms with van der Waals surface area (Å²) in [6.07, 6.45) is 2.98. The maximum Gasteiger partial charge on any atom is 0.339 e. The number of aryl methyl sites for hydroxylation is 2. The molecule has 2 heterocycles. The number of likely N-dealkylation sites (N-methyl/N-ethyl adjacent to an activating group) is 1. The van der Waals surface area contributed by atoms with E-state index in [-0.39, 0.29) is 18.0 Å². The highest BCUT2D eigenvalue weighted by Crippen LogP contribution is 2.29. The molecule has 1 atom stereocenters. The zero-order chi connectivity index (χ0) is 20.3. The van der Waals surface area contributed by atoms with Gasteiger partial charge in [0.25, 0.3) is 0 Å². The SMILES string of the molecule is CCN1CCC[C@H]1CNC(=O)CCc1c(C)c2ccc(OC)c(C)c2oc1=O. The number of ether oxygens (including phenoxy) is 1. The average molecular weight is 386 g/mol. The fourth-order valence-corrected chi connectivity index (χ4v) is 4.18. The van der Waals surface area contributed by atoms with Gasteiger partial charge in [0.1, 0.15) is 11.3 Å². The van der Waals surface area contributed by atoms with E-state index in [9.17, 15) is 9.59 Å². The summed E-state index contributed by atoms with van der Waals surface area (Å²) in [6.45, 7) is 8.74. The van der Waals surface area contributed by atoms with Crippen LogP contribution in [0.2, 0.25) is 0 Å². The van der Waals surface area contributed by atoms with Gasteiger partial charge in [0, 0.05) is 35.5 Å². The highest BCUT2D eigenvalue weighted by molar-refractivity contribution is 5.85. The molecule has 1 N–H and O–H groups in total. The number of carbonyl (C=O) groups is 1. The van der Waals surface area contributed by atoms with Crippen LogP contribution < -0.4 is 15.7 Å². The molecule has 0 radical (unpaired) electrons. The van der Waals surface area contributed by atoms with Crippen molar-refractivity contribution in [1.82, 2.24) is 10.2 Å². The molecule has 0 aliphatic carbocycles. The Bertz CT molecular complexity index is 919. The number of hydrogen-bond donors (Lipinski definition) is 1. The van der Waals surface area contributed by atoms with Gasteiger partial charge in [0.2, 0.25) is 5.91 Å². The average Bonchev–Trinajstić information content (AvgIpc) is 3.14. The van der Waals surface area contributed by atoms with Crippen LogP contribution in [0.1, 0.15) is 42.9 Å². The molecule has 0 spiro atoms. The third-order valence-electron chi connectivity index (χ3n) is 5.92. The van der Waals surface area contributed by atoms with Crippen LogP contribution in [0, 0.1) is 13.8 Å². The van der Waals surface area contributed by atoms with Gasteiger partial charge >= 0.3 is 5.63 Å². The Morgan fingerprint density at radius 3 is 2.82 bits per heavy atom. The van der Waals surface area contributed by atoms with E-state index in [1.165, 1.54) is 6.42 Å². The minimum atomic E-state index is -0.373. The first-order valence-corrected chi connectivity index (χ1v) is 10.1. The summed E-state index contributed by atoms with van der Waals surface area (Å²) in [5.41, 5.74) is 2.43. The highest BCUT2D eigenvalue weighted by atomic mass is 16.5. The number of likely N-dealkylation sites (tertiary alicyclic amines) is 1. The fraction of sp³-hybridized carbons (Fsp3) is 0.545. The van der Waals surface area contributed by atoms with E-state index in [1.54, 1.807) is 7.11 Å². The molecule has 1 aliphatic rings. The lowest BCUT2D eigenvalue weighted by Gasteiger charge is -2.22. The Labute approximate surface area is 165 Å². The first-order chi connectivity index (χ1) is 13.5. The molecular weight excluding hydrogens is 356 g/mol. The summed E-state index contributed by atoms with van der Waals surface area (Å²) in [5.74, 6) is 0.669. The number of nitrogens with one attached hydrogen (secondary N) is 1. The van der Waals surface area contributed by atoms with Crippen LogP contribution in [-0.4, -0.2) is 43.6 Å². The summed E-state index contributed by atoms with van der Waals surface area (Å²) in [7, 11) is 1.59. The Morgan fingerprint density at radius 1 is 1.32 bits per heavy atom. The van der Waals surface area contributed by atoms with Crippen molar-refractivity contribution < 1.29 is 13.9 Å². The summed E-state index contributed by atoms with van der Waals surface area (Å²) in [4.78, 5) is 27.2. The molecular formula is C22H30N2O4. The molecule has 6 heteroatoms. The normalized spacial score (nSPS) is 17.2. The summed E-state index contributed by atoms with van der Waals surface area (Å²) >= 11 is 0. The van der Waals surface area contributed by atoms with Crippen molar-refractivity contribution >= 4 is 16.9 Å². The van der Waals surface area contributed by atoms with Crippen LogP contribution in [0.25, 0.3) is 11.0 Å². The molecule has 1 aromatic heterocycles. The summed E-state index contributed by atoms with van der Waals surface area (Å²) in [5, 5.41) is 3.92. The molecule has 0 saturated carbocycles. The van der Waals surface area contributed by atoms with Crippen LogP contribution in [0.4, 0.5) is 0 Å². The number of rotatable bonds is 7. The number of benzene rings is 1. The van der Waals surface area contributed by atoms with Gasteiger partial charge in [-0.2, -0.15) is 0 Å². The monoisotopic (exact) mass is 386 g/mol. The van der Waals surface area contributed by atoms with E-state index in [4.69, 9.17) is 9.15 Å². The molecule has 3 rings (SSSR count). The fourth-order valence-electron chi connectivity index (χ4n) is 4.18. The second-order valence-corrected chi connectivity index (χ2v) is 7.49. The largest absolute Gasteiger partial charge is 0.496 e. The first-order valence-electron chi connectivity index (χ1n) is 10.1. The molecule has 1 saturated heterocycles. The highest BCUT2D eigenvalue weighted by Gasteiger charge is 2.23. The zero-order valence-corrected chi connectivity index (χ0v) is 17.3. The lowest BCUT2D eigenvalue weighted by atomic mass is 10.00. The Balaban J connectivity index is 1.69. The van der Waals surface area contributed by atoms with Crippen LogP contribution in [-0.2, 0) is 11.2 Å². The number of nitrogens with zero attached hydrogens (tertiary/aromatic N) is 1. The number of carbonyl (C=O) groups excluding carboxylic acids is 1. The van der Waals surface area contributed by atoms with Gasteiger partial charge in [0.05, 0.1) is 7.11 Å². The van der Waals surface area contributed by atoms with E-state index in [0.717, 1.165) is 36.0 Å². The van der Waals surface area contributed by atoms with E-state index in [2.05, 4.69) is 17.1 Å². The molecule has 1 fully saturated rings. The topological polar surface area (TPSA) is 71.8 Å². The minimum absolute atomic E-state index is 0.0206. The van der Waals surface area contributed by atoms with Crippen LogP contribution in [0.3, 0.4) is 0 Å². The third-order valence-corrected chi connectivity index (χ3v) is 5.92. The molecule has 0 bridgehead atoms. The van der Waals surface area contributed by atoms with Crippen molar-refractivity contribution in [2.75, 3.05) is 26.7 Å². The third kappa shape index (κ3) is 4.07. The van der Waals surface area contributed by atoms with Crippen molar-refractivity contribution in [2.24, 2.45) is 0 Å². The van der Waals surface area contributed by atoms with E-state index in [0.29, 0.717) is 35.9 Å². The summed E-state index contributed by atoms with van der Waals surface area (Å²) < 4.78 is 10.9. The number of fused-ring (bicyclic) bond motifs is 1. The van der Waals surface area contributed by atoms with Crippen LogP contribution in [0.15, 0.2) is 21.3 Å². The molecule has 2 aromatic rings. The molecule has 1 aromatic carbocycles. The predicted octanol–water partition coefficient (Wildman–Crippen LogP) is 2.95. The van der Waals surface area contributed by atoms with Crippen molar-refractivity contribution in [3.63, 3.8) is 0 Å². The number of hydrogen-bond acceptors (Lipinski definition) is 5. The second-order valence-electron chi connectivity index (χ2n) is 7.49. The lowest BCUT2D eigenvalue weighted by Crippen LogP contribution is -2.40. The first kappa shape index (κ1) is 20.4. The molecule has 1 amide bonds. The van der Waals surface area contributed by atoms with Crippen molar-refractivity contribution in [1.29, 1.82) is 0 Å². The quantitative estimate of drug-likeness (QED) is 0.741. The van der Waals surface area contributed by atoms with Crippen LogP contribution >= 0.6 is 0 Å². The van der Waals surface area contributed by atoms with Gasteiger partial charge in [-0.1, -0.05) is 6.92 Å². The molecule has 1 aliphatic heterocycles. The number of methoxy groups -OCH3 is 1. The van der Waals surface area contributed by atoms with Crippen molar-refractivity contribution in [3.8, 4) is 5.75 Å². The van der Waals surface area contributed by atoms with Crippen molar-refractivity contribution in [2.45, 2.75) is 52.5 Å². The van der Waals surface area contributed by atoms with Gasteiger partial charge in [-0.25, -0.2) is 4.79 Å². The van der Waals surface area contributed by atoms with Gasteiger partial charge in [-0.3, -0.25) is 9.69 Å². The molecule has 0 unspecified atom stereocenters. The Kier molecular flexibility index (Phi) is 6.39. The minimum Gasteiger partial charge on any atom is -0.496 e. The smallest absolute Gasteiger partial charge is 0.339 e. The van der Waals surface area contributed by atoms with Gasteiger partial charge in [0.15, 0.2) is 0 Å². The van der Waals surface area contributed by atoms with E-state index in [1.807, 2.05) is 26.0 Å². The lowest BCUT2D eigenvalue weighted by molar-refractivity contribution is -0.121. The van der Waals surface area contributed by atoms with E-state index < -0.39 is 0 Å². The predicted molar refractivity (Wildman–Crippen MR) is 110 cm³/mol. The Morgan fingerprint density at radius 2 is 2.11 bits per heavy atom. The second kappa shape index (κ2) is 8.78. The van der Waals surface area contributed by atoms with Gasteiger partial charge in [-0.05, 0) is 63.9 Å². The molecule has 152 valence electrons. The number of amides is 1. The Hall–Kier alpha value is -2.34. The zero-order valence-electron chi connectivity index (χ0n) is 17.3. The standard InChI is InChI=1S/C22H30N2O4/c1-5-24-12-6-7-16(24)13-23-20(25)11-9-18-14(2)17-8-10-19(27-4)15(3)21(17)28-22(18)26/h8,10,16H,5-7,9,11-13H2,1-4H3,(H,23,25)/t16-/m0/s1. The van der Waals surface area contributed by atoms with E-state index >= 15 is 0 Å². The van der Waals surface area contributed by atoms with Gasteiger partial charge < -0.3 is 14.5 Å². The summed E-state index contributed by atoms with van der Waals surface area (Å²) in [6, 6.07) is 4.21. The van der Waals surface area contributed by atoms with Crippen molar-refractivity contribution in [3.05, 3.63) is 39.2 Å². The maximum absolute atomic E-state index is 12.5. The van der Waals surface area contributed by atoms with Gasteiger partial charge in [-0.15, -0.1) is 0 Å². The molecule has 28 heavy (non-hydrogen) atoms. The maximum atomic E-state index is 12.5.